The lowest BCUT2D eigenvalue weighted by Gasteiger charge is -2.30. The molecule has 1 aliphatic heterocycles. The number of hydrogen-bond acceptors (Lipinski definition) is 5. The number of anilines is 1. The summed E-state index contributed by atoms with van der Waals surface area (Å²) in [6.07, 6.45) is 2.62. The van der Waals surface area contributed by atoms with Gasteiger partial charge in [-0.3, -0.25) is 4.79 Å². The number of benzene rings is 2. The number of fused-ring (bicyclic) bond motifs is 2. The molecule has 0 N–H and O–H groups in total. The summed E-state index contributed by atoms with van der Waals surface area (Å²) in [5.41, 5.74) is 4.83. The molecular formula is C25H24N4OS. The van der Waals surface area contributed by atoms with Gasteiger partial charge in [-0.05, 0) is 35.6 Å². The van der Waals surface area contributed by atoms with E-state index in [0.29, 0.717) is 6.54 Å². The molecule has 2 aromatic carbocycles. The minimum Gasteiger partial charge on any atom is -0.351 e. The van der Waals surface area contributed by atoms with Crippen LogP contribution in [0.2, 0.25) is 0 Å². The molecule has 3 heterocycles. The second-order valence-corrected chi connectivity index (χ2v) is 9.02. The molecule has 0 bridgehead atoms. The second-order valence-electron chi connectivity index (χ2n) is 8.02. The largest absolute Gasteiger partial charge is 0.351 e. The van der Waals surface area contributed by atoms with Crippen molar-refractivity contribution >= 4 is 33.3 Å². The summed E-state index contributed by atoms with van der Waals surface area (Å²) in [6.45, 7) is 4.34. The van der Waals surface area contributed by atoms with Gasteiger partial charge in [0, 0.05) is 26.7 Å². The topological polar surface area (TPSA) is 49.3 Å². The van der Waals surface area contributed by atoms with Gasteiger partial charge < -0.3 is 9.80 Å². The highest BCUT2D eigenvalue weighted by atomic mass is 32.1. The van der Waals surface area contributed by atoms with Gasteiger partial charge in [0.2, 0.25) is 0 Å². The first-order valence-electron chi connectivity index (χ1n) is 10.5. The number of aromatic nitrogens is 2. The van der Waals surface area contributed by atoms with E-state index in [2.05, 4.69) is 39.1 Å². The third kappa shape index (κ3) is 3.68. The van der Waals surface area contributed by atoms with Gasteiger partial charge >= 0.3 is 0 Å². The number of carbonyl (C=O) groups excluding carboxylic acids is 1. The molecule has 0 saturated carbocycles. The van der Waals surface area contributed by atoms with Crippen molar-refractivity contribution in [3.63, 3.8) is 0 Å². The molecule has 0 fully saturated rings. The molecule has 1 amide bonds. The van der Waals surface area contributed by atoms with Gasteiger partial charge in [0.15, 0.2) is 0 Å². The summed E-state index contributed by atoms with van der Waals surface area (Å²) in [5.74, 6) is 0.956. The number of thiophene rings is 1. The highest BCUT2D eigenvalue weighted by Crippen LogP contribution is 2.37. The average Bonchev–Trinajstić information content (AvgIpc) is 3.15. The summed E-state index contributed by atoms with van der Waals surface area (Å²) in [6, 6.07) is 18.6. The van der Waals surface area contributed by atoms with Crippen LogP contribution >= 0.6 is 11.3 Å². The summed E-state index contributed by atoms with van der Waals surface area (Å²) in [5, 5.41) is 1.00. The monoisotopic (exact) mass is 428 g/mol. The molecule has 0 spiro atoms. The maximum atomic E-state index is 13.3. The Balaban J connectivity index is 1.47. The van der Waals surface area contributed by atoms with Crippen molar-refractivity contribution in [3.8, 4) is 0 Å². The number of hydrogen-bond donors (Lipinski definition) is 0. The Kier molecular flexibility index (Phi) is 5.16. The summed E-state index contributed by atoms with van der Waals surface area (Å²) in [4.78, 5) is 28.1. The summed E-state index contributed by atoms with van der Waals surface area (Å²) in [7, 11) is 1.85. The molecule has 6 heteroatoms. The SMILES string of the molecule is Cc1c(C(=O)N(C)Cc2ccccc2)sc2ncnc(N3CCc4ccccc4C3)c12. The lowest BCUT2D eigenvalue weighted by molar-refractivity contribution is 0.0789. The van der Waals surface area contributed by atoms with Crippen LogP contribution in [0.15, 0.2) is 60.9 Å². The molecule has 1 aliphatic rings. The van der Waals surface area contributed by atoms with Gasteiger partial charge in [-0.25, -0.2) is 9.97 Å². The van der Waals surface area contributed by atoms with Crippen molar-refractivity contribution in [2.45, 2.75) is 26.4 Å². The minimum atomic E-state index is 0.0271. The standard InChI is InChI=1S/C25H24N4OS/c1-17-21-23(29-13-12-19-10-6-7-11-20(19)15-29)26-16-27-24(21)31-22(17)25(30)28(2)14-18-8-4-3-5-9-18/h3-11,16H,12-15H2,1-2H3. The molecule has 0 aliphatic carbocycles. The van der Waals surface area contributed by atoms with E-state index in [4.69, 9.17) is 0 Å². The number of nitrogens with zero attached hydrogens (tertiary/aromatic N) is 4. The fourth-order valence-electron chi connectivity index (χ4n) is 4.28. The third-order valence-corrected chi connectivity index (χ3v) is 7.13. The number of amides is 1. The zero-order valence-electron chi connectivity index (χ0n) is 17.7. The van der Waals surface area contributed by atoms with E-state index in [0.717, 1.165) is 51.5 Å². The van der Waals surface area contributed by atoms with E-state index in [1.165, 1.54) is 22.5 Å². The Hall–Kier alpha value is -3.25. The fraction of sp³-hybridized carbons (Fsp3) is 0.240. The second kappa shape index (κ2) is 8.12. The van der Waals surface area contributed by atoms with Crippen LogP contribution in [0.1, 0.15) is 31.9 Å². The van der Waals surface area contributed by atoms with E-state index in [-0.39, 0.29) is 5.91 Å². The predicted molar refractivity (Wildman–Crippen MR) is 126 cm³/mol. The highest BCUT2D eigenvalue weighted by Gasteiger charge is 2.25. The maximum absolute atomic E-state index is 13.3. The van der Waals surface area contributed by atoms with Crippen molar-refractivity contribution in [2.75, 3.05) is 18.5 Å². The van der Waals surface area contributed by atoms with E-state index in [9.17, 15) is 4.79 Å². The van der Waals surface area contributed by atoms with Crippen LogP contribution in [0, 0.1) is 6.92 Å². The van der Waals surface area contributed by atoms with Crippen molar-refractivity contribution < 1.29 is 4.79 Å². The van der Waals surface area contributed by atoms with Crippen LogP contribution in [0.5, 0.6) is 0 Å². The lowest BCUT2D eigenvalue weighted by atomic mass is 9.99. The Bertz CT molecular complexity index is 1250. The van der Waals surface area contributed by atoms with Crippen molar-refractivity contribution in [3.05, 3.63) is 88.1 Å². The number of rotatable bonds is 4. The smallest absolute Gasteiger partial charge is 0.264 e. The molecule has 4 aromatic rings. The predicted octanol–water partition coefficient (Wildman–Crippen LogP) is 4.83. The van der Waals surface area contributed by atoms with Crippen LogP contribution in [0.25, 0.3) is 10.2 Å². The molecule has 31 heavy (non-hydrogen) atoms. The van der Waals surface area contributed by atoms with Gasteiger partial charge in [-0.1, -0.05) is 54.6 Å². The van der Waals surface area contributed by atoms with Gasteiger partial charge in [-0.2, -0.15) is 0 Å². The molecule has 0 atom stereocenters. The van der Waals surface area contributed by atoms with Gasteiger partial charge in [0.05, 0.1) is 10.3 Å². The summed E-state index contributed by atoms with van der Waals surface area (Å²) < 4.78 is 0. The molecule has 156 valence electrons. The Morgan fingerprint density at radius 3 is 2.61 bits per heavy atom. The first-order valence-corrected chi connectivity index (χ1v) is 11.3. The Morgan fingerprint density at radius 1 is 1.06 bits per heavy atom. The van der Waals surface area contributed by atoms with E-state index < -0.39 is 0 Å². The van der Waals surface area contributed by atoms with E-state index in [1.807, 2.05) is 44.3 Å². The Labute approximate surface area is 186 Å². The normalized spacial score (nSPS) is 13.3. The zero-order valence-corrected chi connectivity index (χ0v) is 18.5. The van der Waals surface area contributed by atoms with Crippen LogP contribution < -0.4 is 4.90 Å². The molecule has 2 aromatic heterocycles. The van der Waals surface area contributed by atoms with Crippen LogP contribution in [-0.2, 0) is 19.5 Å². The minimum absolute atomic E-state index is 0.0271. The number of aryl methyl sites for hydroxylation is 1. The third-order valence-electron chi connectivity index (χ3n) is 5.94. The first kappa shape index (κ1) is 19.7. The zero-order chi connectivity index (χ0) is 21.4. The maximum Gasteiger partial charge on any atom is 0.264 e. The molecule has 0 unspecified atom stereocenters. The quantitative estimate of drug-likeness (QED) is 0.467. The Morgan fingerprint density at radius 2 is 1.81 bits per heavy atom. The van der Waals surface area contributed by atoms with Gasteiger partial charge in [0.25, 0.3) is 5.91 Å². The van der Waals surface area contributed by atoms with Gasteiger partial charge in [0.1, 0.15) is 17.0 Å². The van der Waals surface area contributed by atoms with Crippen molar-refractivity contribution in [1.82, 2.24) is 14.9 Å². The fourth-order valence-corrected chi connectivity index (χ4v) is 5.41. The number of carbonyl (C=O) groups is 1. The average molecular weight is 429 g/mol. The first-order chi connectivity index (χ1) is 15.1. The molecular weight excluding hydrogens is 404 g/mol. The molecule has 5 rings (SSSR count). The highest BCUT2D eigenvalue weighted by molar-refractivity contribution is 7.20. The van der Waals surface area contributed by atoms with Crippen molar-refractivity contribution in [1.29, 1.82) is 0 Å². The van der Waals surface area contributed by atoms with Crippen LogP contribution in [0.4, 0.5) is 5.82 Å². The van der Waals surface area contributed by atoms with Crippen LogP contribution in [0.3, 0.4) is 0 Å². The van der Waals surface area contributed by atoms with Gasteiger partial charge in [-0.15, -0.1) is 11.3 Å². The lowest BCUT2D eigenvalue weighted by Crippen LogP contribution is -2.31. The molecule has 0 saturated heterocycles. The van der Waals surface area contributed by atoms with E-state index in [1.54, 1.807) is 11.2 Å². The van der Waals surface area contributed by atoms with Crippen molar-refractivity contribution in [2.24, 2.45) is 0 Å². The molecule has 0 radical (unpaired) electrons. The van der Waals surface area contributed by atoms with Crippen LogP contribution in [-0.4, -0.2) is 34.4 Å². The molecule has 5 nitrogen and oxygen atoms in total. The van der Waals surface area contributed by atoms with E-state index >= 15 is 0 Å². The summed E-state index contributed by atoms with van der Waals surface area (Å²) >= 11 is 1.47.